The van der Waals surface area contributed by atoms with Crippen molar-refractivity contribution in [2.45, 2.75) is 18.7 Å². The Morgan fingerprint density at radius 3 is 2.55 bits per heavy atom. The van der Waals surface area contributed by atoms with Gasteiger partial charge < -0.3 is 0 Å². The van der Waals surface area contributed by atoms with E-state index >= 15 is 0 Å². The molecule has 0 bridgehead atoms. The monoisotopic (exact) mass is 331 g/mol. The fourth-order valence-electron chi connectivity index (χ4n) is 1.85. The molecule has 104 valence electrons. The zero-order valence-electron chi connectivity index (χ0n) is 11.4. The van der Waals surface area contributed by atoms with Crippen LogP contribution in [-0.4, -0.2) is 26.8 Å². The summed E-state index contributed by atoms with van der Waals surface area (Å²) in [6.45, 7) is 2.06. The summed E-state index contributed by atoms with van der Waals surface area (Å²) in [6, 6.07) is 15.6. The van der Waals surface area contributed by atoms with Gasteiger partial charge in [0.1, 0.15) is 0 Å². The molecule has 2 N–H and O–H groups in total. The third-order valence-electron chi connectivity index (χ3n) is 2.96. The van der Waals surface area contributed by atoms with Crippen LogP contribution < -0.4 is 9.67 Å². The molecule has 1 atom stereocenters. The van der Waals surface area contributed by atoms with Gasteiger partial charge in [0, 0.05) is 0 Å². The molecule has 0 aliphatic carbocycles. The van der Waals surface area contributed by atoms with Crippen molar-refractivity contribution in [3.05, 3.63) is 59.7 Å². The van der Waals surface area contributed by atoms with Crippen LogP contribution in [0.5, 0.6) is 0 Å². The Balaban J connectivity index is 1.90. The van der Waals surface area contributed by atoms with Crippen molar-refractivity contribution >= 4 is 31.7 Å². The average Bonchev–Trinajstić information content (AvgIpc) is 2.48. The number of hydrogen-bond donors (Lipinski definition) is 2. The van der Waals surface area contributed by atoms with E-state index in [0.29, 0.717) is 5.21 Å². The molecule has 0 fully saturated rings. The van der Waals surface area contributed by atoms with Crippen molar-refractivity contribution in [3.8, 4) is 0 Å². The third kappa shape index (κ3) is 4.22. The quantitative estimate of drug-likeness (QED) is 0.818. The van der Waals surface area contributed by atoms with E-state index in [4.69, 9.17) is 0 Å². The summed E-state index contributed by atoms with van der Waals surface area (Å²) >= 11 is -0.562. The van der Waals surface area contributed by atoms with E-state index < -0.39 is 15.8 Å². The number of anilines is 1. The fourth-order valence-corrected chi connectivity index (χ4v) is 4.04. The number of carbonyl (C=O) groups excluding carboxylic acids is 1. The number of rotatable bonds is 5. The van der Waals surface area contributed by atoms with E-state index in [1.807, 2.05) is 55.5 Å². The Kier molecular flexibility index (Phi) is 5.39. The molecule has 1 amide bonds. The molecule has 0 spiro atoms. The van der Waals surface area contributed by atoms with Crippen LogP contribution in [-0.2, 0) is 11.4 Å². The van der Waals surface area contributed by atoms with Crippen LogP contribution in [0.3, 0.4) is 0 Å². The molecule has 20 heavy (non-hydrogen) atoms. The van der Waals surface area contributed by atoms with Crippen molar-refractivity contribution < 1.29 is 9.90 Å². The molecule has 0 aromatic heterocycles. The first kappa shape index (κ1) is 14.8. The molecule has 0 aliphatic heterocycles. The summed E-state index contributed by atoms with van der Waals surface area (Å²) in [7, 11) is 0. The number of carbonyl (C=O) groups is 1. The van der Waals surface area contributed by atoms with Gasteiger partial charge in [0.25, 0.3) is 0 Å². The molecule has 0 radical (unpaired) electrons. The average molecular weight is 331 g/mol. The van der Waals surface area contributed by atoms with Crippen LogP contribution in [0, 0.1) is 6.92 Å². The zero-order valence-corrected chi connectivity index (χ0v) is 13.5. The molecule has 4 heteroatoms. The van der Waals surface area contributed by atoms with Gasteiger partial charge in [0.15, 0.2) is 0 Å². The summed E-state index contributed by atoms with van der Waals surface area (Å²) < 4.78 is 1.15. The Labute approximate surface area is 125 Å². The number of aliphatic hydroxyl groups excluding tert-OH is 1. The zero-order chi connectivity index (χ0) is 14.4. The maximum absolute atomic E-state index is 11.9. The van der Waals surface area contributed by atoms with E-state index in [1.54, 1.807) is 0 Å². The van der Waals surface area contributed by atoms with Crippen molar-refractivity contribution in [2.75, 3.05) is 5.32 Å². The van der Waals surface area contributed by atoms with Gasteiger partial charge in [-0.05, 0) is 0 Å². The molecule has 1 unspecified atom stereocenters. The predicted octanol–water partition coefficient (Wildman–Crippen LogP) is 1.61. The van der Waals surface area contributed by atoms with Crippen molar-refractivity contribution in [3.63, 3.8) is 0 Å². The number of amides is 1. The van der Waals surface area contributed by atoms with Gasteiger partial charge in [-0.25, -0.2) is 0 Å². The van der Waals surface area contributed by atoms with E-state index in [-0.39, 0.29) is 12.5 Å². The van der Waals surface area contributed by atoms with Crippen LogP contribution >= 0.6 is 0 Å². The predicted molar refractivity (Wildman–Crippen MR) is 83.8 cm³/mol. The Morgan fingerprint density at radius 1 is 1.15 bits per heavy atom. The SMILES string of the molecule is Cc1ccc(NC(=O)C[AsH]c2ccccc2CO)cc1. The van der Waals surface area contributed by atoms with Gasteiger partial charge in [0.05, 0.1) is 0 Å². The van der Waals surface area contributed by atoms with Crippen LogP contribution in [0.25, 0.3) is 0 Å². The summed E-state index contributed by atoms with van der Waals surface area (Å²) in [4.78, 5) is 11.9. The van der Waals surface area contributed by atoms with Crippen molar-refractivity contribution in [1.82, 2.24) is 0 Å². The second-order valence-corrected chi connectivity index (χ2v) is 7.20. The number of benzene rings is 2. The van der Waals surface area contributed by atoms with Gasteiger partial charge in [0.2, 0.25) is 0 Å². The summed E-state index contributed by atoms with van der Waals surface area (Å²) in [5, 5.41) is 12.7. The topological polar surface area (TPSA) is 49.3 Å². The van der Waals surface area contributed by atoms with Crippen LogP contribution in [0.2, 0.25) is 5.21 Å². The Hall–Kier alpha value is -1.57. The molecule has 0 saturated heterocycles. The first-order chi connectivity index (χ1) is 9.69. The van der Waals surface area contributed by atoms with Crippen molar-refractivity contribution in [2.24, 2.45) is 0 Å². The van der Waals surface area contributed by atoms with Crippen molar-refractivity contribution in [1.29, 1.82) is 0 Å². The normalized spacial score (nSPS) is 10.9. The van der Waals surface area contributed by atoms with Gasteiger partial charge in [-0.3, -0.25) is 0 Å². The number of hydrogen-bond acceptors (Lipinski definition) is 2. The molecule has 0 heterocycles. The van der Waals surface area contributed by atoms with Gasteiger partial charge >= 0.3 is 125 Å². The molecule has 2 rings (SSSR count). The first-order valence-corrected chi connectivity index (χ1v) is 9.01. The van der Waals surface area contributed by atoms with Crippen LogP contribution in [0.1, 0.15) is 11.1 Å². The van der Waals surface area contributed by atoms with Crippen LogP contribution in [0.15, 0.2) is 48.5 Å². The molecular formula is C16H18AsNO2. The molecule has 0 aliphatic rings. The van der Waals surface area contributed by atoms with Gasteiger partial charge in [-0.1, -0.05) is 0 Å². The molecule has 2 aromatic carbocycles. The Morgan fingerprint density at radius 2 is 1.85 bits per heavy atom. The van der Waals surface area contributed by atoms with Gasteiger partial charge in [-0.2, -0.15) is 0 Å². The molecule has 2 aromatic rings. The molecule has 3 nitrogen and oxygen atoms in total. The number of nitrogens with one attached hydrogen (secondary N) is 1. The first-order valence-electron chi connectivity index (χ1n) is 6.48. The number of aliphatic hydroxyl groups is 1. The second kappa shape index (κ2) is 7.27. The standard InChI is InChI=1S/C16H18AsNO2/c1-12-6-8-14(9-7-12)18-16(20)10-17-15-5-3-2-4-13(15)11-19/h2-9,17,19H,10-11H2,1H3,(H,18,20). The minimum absolute atomic E-state index is 0.0409. The molecule has 0 saturated carbocycles. The summed E-state index contributed by atoms with van der Waals surface area (Å²) in [5.41, 5.74) is 2.95. The van der Waals surface area contributed by atoms with E-state index in [0.717, 1.165) is 15.6 Å². The second-order valence-electron chi connectivity index (χ2n) is 4.58. The van der Waals surface area contributed by atoms with E-state index in [2.05, 4.69) is 5.32 Å². The van der Waals surface area contributed by atoms with Crippen LogP contribution in [0.4, 0.5) is 5.69 Å². The third-order valence-corrected chi connectivity index (χ3v) is 5.83. The van der Waals surface area contributed by atoms with Gasteiger partial charge in [-0.15, -0.1) is 0 Å². The van der Waals surface area contributed by atoms with E-state index in [1.165, 1.54) is 5.56 Å². The summed E-state index contributed by atoms with van der Waals surface area (Å²) in [5.74, 6) is 0.0431. The Bertz CT molecular complexity index is 581. The summed E-state index contributed by atoms with van der Waals surface area (Å²) in [6.07, 6.45) is 0. The molecular weight excluding hydrogens is 313 g/mol. The minimum atomic E-state index is -0.562. The maximum atomic E-state index is 11.9. The van der Waals surface area contributed by atoms with E-state index in [9.17, 15) is 9.90 Å². The number of aryl methyl sites for hydroxylation is 1. The fraction of sp³-hybridized carbons (Fsp3) is 0.188.